The van der Waals surface area contributed by atoms with Crippen molar-refractivity contribution in [2.75, 3.05) is 0 Å². The van der Waals surface area contributed by atoms with E-state index in [1.165, 1.54) is 31.4 Å². The first-order valence-corrected chi connectivity index (χ1v) is 6.63. The lowest BCUT2D eigenvalue weighted by molar-refractivity contribution is -0.143. The summed E-state index contributed by atoms with van der Waals surface area (Å²) in [6.07, 6.45) is -3.00. The van der Waals surface area contributed by atoms with Gasteiger partial charge >= 0.3 is 12.1 Å². The molecule has 21 heavy (non-hydrogen) atoms. The molecular weight excluding hydrogens is 305 g/mol. The molecule has 0 saturated heterocycles. The van der Waals surface area contributed by atoms with Crippen LogP contribution in [0.25, 0.3) is 16.6 Å². The minimum absolute atomic E-state index is 0.153. The summed E-state index contributed by atoms with van der Waals surface area (Å²) in [6, 6.07) is 4.24. The Balaban J connectivity index is 2.35. The molecule has 0 radical (unpaired) electrons. The highest BCUT2D eigenvalue weighted by Crippen LogP contribution is 2.34. The van der Waals surface area contributed by atoms with Gasteiger partial charge in [0.15, 0.2) is 0 Å². The lowest BCUT2D eigenvalue weighted by atomic mass is 10.2. The quantitative estimate of drug-likeness (QED) is 0.879. The molecule has 0 bridgehead atoms. The fourth-order valence-corrected chi connectivity index (χ4v) is 2.66. The van der Waals surface area contributed by atoms with Gasteiger partial charge in [0.05, 0.1) is 4.88 Å². The average molecular weight is 316 g/mol. The molecule has 2 rings (SSSR count). The van der Waals surface area contributed by atoms with E-state index in [9.17, 15) is 18.0 Å². The molecule has 2 aromatic heterocycles. The van der Waals surface area contributed by atoms with E-state index >= 15 is 0 Å². The number of aliphatic carboxylic acids is 1. The molecule has 0 spiro atoms. The van der Waals surface area contributed by atoms with Crippen LogP contribution in [0.15, 0.2) is 23.8 Å². The molecule has 0 fully saturated rings. The van der Waals surface area contributed by atoms with Crippen molar-refractivity contribution in [3.8, 4) is 10.6 Å². The molecule has 0 aliphatic heterocycles. The largest absolute Gasteiger partial charge is 0.478 e. The monoisotopic (exact) mass is 316 g/mol. The van der Waals surface area contributed by atoms with Crippen molar-refractivity contribution in [3.05, 3.63) is 34.3 Å². The van der Waals surface area contributed by atoms with Gasteiger partial charge in [-0.2, -0.15) is 18.3 Å². The van der Waals surface area contributed by atoms with Crippen LogP contribution in [0.5, 0.6) is 0 Å². The zero-order chi connectivity index (χ0) is 15.8. The number of halogens is 3. The van der Waals surface area contributed by atoms with Crippen LogP contribution in [-0.2, 0) is 18.0 Å². The van der Waals surface area contributed by atoms with Crippen molar-refractivity contribution in [1.82, 2.24) is 9.78 Å². The van der Waals surface area contributed by atoms with Gasteiger partial charge in [-0.3, -0.25) is 4.68 Å². The maximum Gasteiger partial charge on any atom is 0.433 e. The van der Waals surface area contributed by atoms with Gasteiger partial charge in [-0.05, 0) is 31.2 Å². The summed E-state index contributed by atoms with van der Waals surface area (Å²) in [5.41, 5.74) is -0.465. The van der Waals surface area contributed by atoms with Gasteiger partial charge in [0.1, 0.15) is 11.4 Å². The first kappa shape index (κ1) is 15.3. The van der Waals surface area contributed by atoms with Crippen LogP contribution in [0.1, 0.15) is 17.5 Å². The molecule has 2 aromatic rings. The Bertz CT molecular complexity index is 713. The molecule has 0 aromatic carbocycles. The van der Waals surface area contributed by atoms with E-state index in [-0.39, 0.29) is 11.3 Å². The number of hydrogen-bond acceptors (Lipinski definition) is 3. The third-order valence-electron chi connectivity index (χ3n) is 2.75. The normalized spacial score (nSPS) is 12.7. The summed E-state index contributed by atoms with van der Waals surface area (Å²) in [7, 11) is 1.23. The topological polar surface area (TPSA) is 55.1 Å². The Morgan fingerprint density at radius 1 is 1.43 bits per heavy atom. The standard InChI is InChI=1S/C13H11F3N2O2S/c1-7(12(19)20)5-8-3-4-10(21-8)9-6-11(13(14,15)16)18(2)17-9/h3-6H,1-2H3,(H,19,20)/b7-5+. The Labute approximate surface area is 122 Å². The number of rotatable bonds is 3. The molecular formula is C13H11F3N2O2S. The number of thiophene rings is 1. The van der Waals surface area contributed by atoms with Crippen LogP contribution < -0.4 is 0 Å². The van der Waals surface area contributed by atoms with Crippen LogP contribution in [0.4, 0.5) is 13.2 Å². The van der Waals surface area contributed by atoms with Gasteiger partial charge in [0.2, 0.25) is 0 Å². The van der Waals surface area contributed by atoms with E-state index in [4.69, 9.17) is 5.11 Å². The van der Waals surface area contributed by atoms with E-state index in [0.29, 0.717) is 9.75 Å². The van der Waals surface area contributed by atoms with Crippen molar-refractivity contribution in [3.63, 3.8) is 0 Å². The van der Waals surface area contributed by atoms with Crippen molar-refractivity contribution in [2.24, 2.45) is 7.05 Å². The molecule has 0 unspecified atom stereocenters. The number of alkyl halides is 3. The lowest BCUT2D eigenvalue weighted by Gasteiger charge is -2.04. The van der Waals surface area contributed by atoms with Crippen LogP contribution >= 0.6 is 11.3 Å². The fraction of sp³-hybridized carbons (Fsp3) is 0.231. The predicted octanol–water partition coefficient (Wildman–Crippen LogP) is 3.66. The molecule has 0 aliphatic carbocycles. The van der Waals surface area contributed by atoms with Crippen molar-refractivity contribution in [2.45, 2.75) is 13.1 Å². The summed E-state index contributed by atoms with van der Waals surface area (Å²) < 4.78 is 38.9. The Hall–Kier alpha value is -2.09. The molecule has 0 aliphatic rings. The van der Waals surface area contributed by atoms with Crippen LogP contribution in [0.2, 0.25) is 0 Å². The van der Waals surface area contributed by atoms with Crippen molar-refractivity contribution >= 4 is 23.4 Å². The number of carbonyl (C=O) groups is 1. The molecule has 112 valence electrons. The molecule has 8 heteroatoms. The Morgan fingerprint density at radius 2 is 2.10 bits per heavy atom. The van der Waals surface area contributed by atoms with Gasteiger partial charge in [-0.25, -0.2) is 4.79 Å². The molecule has 1 N–H and O–H groups in total. The highest BCUT2D eigenvalue weighted by molar-refractivity contribution is 7.16. The molecule has 2 heterocycles. The van der Waals surface area contributed by atoms with Crippen LogP contribution in [0, 0.1) is 0 Å². The van der Waals surface area contributed by atoms with Gasteiger partial charge in [0, 0.05) is 17.5 Å². The Kier molecular flexibility index (Phi) is 3.91. The minimum Gasteiger partial charge on any atom is -0.478 e. The average Bonchev–Trinajstić information content (AvgIpc) is 2.94. The number of aromatic nitrogens is 2. The van der Waals surface area contributed by atoms with Gasteiger partial charge in [-0.1, -0.05) is 0 Å². The smallest absolute Gasteiger partial charge is 0.433 e. The first-order valence-electron chi connectivity index (χ1n) is 5.81. The number of carboxylic acid groups (broad SMARTS) is 1. The Morgan fingerprint density at radius 3 is 2.62 bits per heavy atom. The molecule has 0 amide bonds. The third kappa shape index (κ3) is 3.33. The molecule has 0 saturated carbocycles. The first-order chi connectivity index (χ1) is 9.68. The zero-order valence-electron chi connectivity index (χ0n) is 11.1. The second-order valence-electron chi connectivity index (χ2n) is 4.37. The van der Waals surface area contributed by atoms with Crippen molar-refractivity contribution < 1.29 is 23.1 Å². The van der Waals surface area contributed by atoms with Gasteiger partial charge in [0.25, 0.3) is 0 Å². The van der Waals surface area contributed by atoms with Gasteiger partial charge < -0.3 is 5.11 Å². The summed E-state index contributed by atoms with van der Waals surface area (Å²) in [6.45, 7) is 1.45. The number of aryl methyl sites for hydroxylation is 1. The summed E-state index contributed by atoms with van der Waals surface area (Å²) in [5.74, 6) is -1.04. The highest BCUT2D eigenvalue weighted by atomic mass is 32.1. The maximum atomic E-state index is 12.7. The second kappa shape index (κ2) is 5.36. The maximum absolute atomic E-state index is 12.7. The number of nitrogens with zero attached hydrogens (tertiary/aromatic N) is 2. The fourth-order valence-electron chi connectivity index (χ4n) is 1.70. The van der Waals surface area contributed by atoms with E-state index in [1.54, 1.807) is 12.1 Å². The van der Waals surface area contributed by atoms with Crippen LogP contribution in [-0.4, -0.2) is 20.9 Å². The minimum atomic E-state index is -4.46. The van der Waals surface area contributed by atoms with Gasteiger partial charge in [-0.15, -0.1) is 11.3 Å². The summed E-state index contributed by atoms with van der Waals surface area (Å²) in [4.78, 5) is 11.9. The predicted molar refractivity (Wildman–Crippen MR) is 72.8 cm³/mol. The SMILES string of the molecule is C/C(=C\c1ccc(-c2cc(C(F)(F)F)n(C)n2)s1)C(=O)O. The molecule has 0 atom stereocenters. The van der Waals surface area contributed by atoms with Crippen LogP contribution in [0.3, 0.4) is 0 Å². The lowest BCUT2D eigenvalue weighted by Crippen LogP contribution is -2.11. The highest BCUT2D eigenvalue weighted by Gasteiger charge is 2.35. The van der Waals surface area contributed by atoms with E-state index in [0.717, 1.165) is 10.7 Å². The second-order valence-corrected chi connectivity index (χ2v) is 5.49. The van der Waals surface area contributed by atoms with E-state index in [2.05, 4.69) is 5.10 Å². The summed E-state index contributed by atoms with van der Waals surface area (Å²) >= 11 is 1.18. The van der Waals surface area contributed by atoms with E-state index < -0.39 is 17.8 Å². The third-order valence-corrected chi connectivity index (χ3v) is 3.80. The number of carboxylic acids is 1. The summed E-state index contributed by atoms with van der Waals surface area (Å²) in [5, 5.41) is 12.6. The van der Waals surface area contributed by atoms with Crippen molar-refractivity contribution in [1.29, 1.82) is 0 Å². The van der Waals surface area contributed by atoms with E-state index in [1.807, 2.05) is 0 Å². The zero-order valence-corrected chi connectivity index (χ0v) is 11.9. The number of hydrogen-bond donors (Lipinski definition) is 1. The molecule has 4 nitrogen and oxygen atoms in total.